The van der Waals surface area contributed by atoms with E-state index in [-0.39, 0.29) is 12.3 Å². The molecule has 0 aliphatic heterocycles. The summed E-state index contributed by atoms with van der Waals surface area (Å²) in [6.07, 6.45) is 7.53. The van der Waals surface area contributed by atoms with Gasteiger partial charge >= 0.3 is 5.97 Å². The van der Waals surface area contributed by atoms with Crippen molar-refractivity contribution < 1.29 is 29.1 Å². The summed E-state index contributed by atoms with van der Waals surface area (Å²) >= 11 is 0. The van der Waals surface area contributed by atoms with Crippen LogP contribution < -0.4 is 27.0 Å². The lowest BCUT2D eigenvalue weighted by Crippen LogP contribution is -2.59. The van der Waals surface area contributed by atoms with Gasteiger partial charge in [0, 0.05) is 5.92 Å². The van der Waals surface area contributed by atoms with Crippen LogP contribution >= 0.6 is 0 Å². The molecule has 3 rings (SSSR count). The van der Waals surface area contributed by atoms with Crippen molar-refractivity contribution in [3.63, 3.8) is 0 Å². The molecule has 0 spiro atoms. The first kappa shape index (κ1) is 39.2. The number of aliphatic carboxylic acids is 1. The van der Waals surface area contributed by atoms with Gasteiger partial charge in [-0.15, -0.1) is 0 Å². The Hall–Kier alpha value is -4.25. The van der Waals surface area contributed by atoms with Crippen molar-refractivity contribution >= 4 is 29.6 Å². The minimum Gasteiger partial charge on any atom is -0.480 e. The molecular weight excluding hydrogens is 622 g/mol. The number of carbonyl (C=O) groups excluding carboxylic acids is 4. The van der Waals surface area contributed by atoms with E-state index >= 15 is 0 Å². The minimum absolute atomic E-state index is 0.217. The fraction of sp³-hybridized carbons (Fsp3) is 0.553. The van der Waals surface area contributed by atoms with Crippen LogP contribution in [0.15, 0.2) is 60.7 Å². The van der Waals surface area contributed by atoms with Gasteiger partial charge in [-0.3, -0.25) is 19.2 Å². The van der Waals surface area contributed by atoms with Gasteiger partial charge < -0.3 is 32.1 Å². The molecule has 2 aromatic rings. The van der Waals surface area contributed by atoms with Crippen molar-refractivity contribution in [2.45, 2.75) is 128 Å². The van der Waals surface area contributed by atoms with Gasteiger partial charge in [0.15, 0.2) is 0 Å². The van der Waals surface area contributed by atoms with Crippen LogP contribution in [-0.4, -0.2) is 64.9 Å². The summed E-state index contributed by atoms with van der Waals surface area (Å²) in [6.45, 7) is 5.54. The fourth-order valence-corrected chi connectivity index (χ4v) is 6.54. The zero-order chi connectivity index (χ0) is 35.8. The van der Waals surface area contributed by atoms with E-state index in [9.17, 15) is 29.1 Å². The Morgan fingerprint density at radius 2 is 1.14 bits per heavy atom. The molecule has 5 atom stereocenters. The molecule has 0 radical (unpaired) electrons. The van der Waals surface area contributed by atoms with Crippen LogP contribution in [0.3, 0.4) is 0 Å². The molecule has 1 fully saturated rings. The normalized spacial score (nSPS) is 16.4. The molecule has 268 valence electrons. The van der Waals surface area contributed by atoms with E-state index in [2.05, 4.69) is 21.3 Å². The summed E-state index contributed by atoms with van der Waals surface area (Å²) in [4.78, 5) is 66.9. The molecule has 1 saturated carbocycles. The first-order chi connectivity index (χ1) is 23.6. The van der Waals surface area contributed by atoms with Crippen molar-refractivity contribution in [1.82, 2.24) is 21.3 Å². The molecule has 0 aromatic heterocycles. The third-order valence-corrected chi connectivity index (χ3v) is 9.34. The van der Waals surface area contributed by atoms with Crippen molar-refractivity contribution in [3.8, 4) is 0 Å². The predicted molar refractivity (Wildman–Crippen MR) is 189 cm³/mol. The number of carboxylic acids is 1. The average molecular weight is 678 g/mol. The second kappa shape index (κ2) is 20.3. The molecule has 0 unspecified atom stereocenters. The number of carbonyl (C=O) groups is 5. The van der Waals surface area contributed by atoms with Crippen molar-refractivity contribution in [2.75, 3.05) is 0 Å². The van der Waals surface area contributed by atoms with Gasteiger partial charge in [0.25, 0.3) is 0 Å². The SMILES string of the molecule is CCC[C@H](NC(=O)[C@@H](NC(=O)[C@H](CCC)NC(=O)[C@@H](N)CC)C(c1ccccc1)c1ccccc1)C(=O)N[C@@H](CC1CCCCC1)C(=O)O. The van der Waals surface area contributed by atoms with Gasteiger partial charge in [-0.1, -0.05) is 126 Å². The molecule has 11 nitrogen and oxygen atoms in total. The number of nitrogens with two attached hydrogens (primary N) is 1. The number of hydrogen-bond acceptors (Lipinski definition) is 6. The maximum Gasteiger partial charge on any atom is 0.326 e. The number of nitrogens with one attached hydrogen (secondary N) is 4. The Balaban J connectivity index is 1.96. The number of carboxylic acid groups (broad SMARTS) is 1. The molecule has 1 aliphatic rings. The maximum absolute atomic E-state index is 14.4. The van der Waals surface area contributed by atoms with Crippen LogP contribution in [0.2, 0.25) is 0 Å². The van der Waals surface area contributed by atoms with Gasteiger partial charge in [-0.2, -0.15) is 0 Å². The molecule has 0 heterocycles. The number of rotatable bonds is 19. The Morgan fingerprint density at radius 1 is 0.673 bits per heavy atom. The van der Waals surface area contributed by atoms with Gasteiger partial charge in [0.1, 0.15) is 24.2 Å². The zero-order valence-corrected chi connectivity index (χ0v) is 29.2. The van der Waals surface area contributed by atoms with E-state index in [1.807, 2.05) is 74.5 Å². The Kier molecular flexibility index (Phi) is 16.2. The highest BCUT2D eigenvalue weighted by molar-refractivity contribution is 5.96. The molecular formula is C38H55N5O6. The zero-order valence-electron chi connectivity index (χ0n) is 29.2. The molecule has 49 heavy (non-hydrogen) atoms. The second-order valence-corrected chi connectivity index (χ2v) is 13.1. The highest BCUT2D eigenvalue weighted by Crippen LogP contribution is 2.29. The molecule has 0 saturated heterocycles. The predicted octanol–water partition coefficient (Wildman–Crippen LogP) is 4.15. The first-order valence-corrected chi connectivity index (χ1v) is 17.9. The second-order valence-electron chi connectivity index (χ2n) is 13.1. The molecule has 11 heteroatoms. The monoisotopic (exact) mass is 677 g/mol. The van der Waals surface area contributed by atoms with E-state index in [4.69, 9.17) is 5.73 Å². The minimum atomic E-state index is -1.20. The molecule has 7 N–H and O–H groups in total. The van der Waals surface area contributed by atoms with Crippen molar-refractivity contribution in [2.24, 2.45) is 11.7 Å². The van der Waals surface area contributed by atoms with Crippen molar-refractivity contribution in [3.05, 3.63) is 71.8 Å². The largest absolute Gasteiger partial charge is 0.480 e. The van der Waals surface area contributed by atoms with Crippen LogP contribution in [-0.2, 0) is 24.0 Å². The van der Waals surface area contributed by atoms with Crippen LogP contribution in [0.25, 0.3) is 0 Å². The van der Waals surface area contributed by atoms with Gasteiger partial charge in [0.2, 0.25) is 23.6 Å². The Morgan fingerprint density at radius 3 is 1.61 bits per heavy atom. The average Bonchev–Trinajstić information content (AvgIpc) is 3.11. The molecule has 2 aromatic carbocycles. The quantitative estimate of drug-likeness (QED) is 0.129. The smallest absolute Gasteiger partial charge is 0.326 e. The van der Waals surface area contributed by atoms with Crippen molar-refractivity contribution in [1.29, 1.82) is 0 Å². The molecule has 1 aliphatic carbocycles. The number of benzene rings is 2. The highest BCUT2D eigenvalue weighted by atomic mass is 16.4. The van der Waals surface area contributed by atoms with E-state index in [1.54, 1.807) is 6.92 Å². The number of hydrogen-bond donors (Lipinski definition) is 6. The van der Waals surface area contributed by atoms with Crippen LogP contribution in [0.4, 0.5) is 0 Å². The fourth-order valence-electron chi connectivity index (χ4n) is 6.54. The summed E-state index contributed by atoms with van der Waals surface area (Å²) in [5, 5.41) is 21.2. The van der Waals surface area contributed by atoms with E-state index in [0.29, 0.717) is 32.1 Å². The molecule has 0 bridgehead atoms. The Bertz CT molecular complexity index is 1310. The lowest BCUT2D eigenvalue weighted by atomic mass is 9.84. The first-order valence-electron chi connectivity index (χ1n) is 17.9. The van der Waals surface area contributed by atoms with E-state index in [1.165, 1.54) is 0 Å². The standard InChI is InChI=1S/C38H55N5O6/c1-4-16-29(35(45)42-31(38(48)49)24-25-18-10-7-11-19-25)41-37(47)33(43-36(46)30(17-5-2)40-34(44)28(39)6-3)32(26-20-12-8-13-21-26)27-22-14-9-15-23-27/h8-9,12-15,20-23,25,28-33H,4-7,10-11,16-19,24,39H2,1-3H3,(H,40,44)(H,41,47)(H,42,45)(H,43,46)(H,48,49)/t28-,29-,30-,31-,33-/m0/s1. The maximum atomic E-state index is 14.4. The Labute approximate surface area is 290 Å². The highest BCUT2D eigenvalue weighted by Gasteiger charge is 2.37. The summed E-state index contributed by atoms with van der Waals surface area (Å²) in [5.74, 6) is -3.74. The van der Waals surface area contributed by atoms with Crippen LogP contribution in [0.5, 0.6) is 0 Å². The van der Waals surface area contributed by atoms with E-state index < -0.39 is 65.7 Å². The number of amides is 4. The summed E-state index contributed by atoms with van der Waals surface area (Å²) in [5.41, 5.74) is 7.46. The third-order valence-electron chi connectivity index (χ3n) is 9.34. The van der Waals surface area contributed by atoms with Gasteiger partial charge in [-0.05, 0) is 42.7 Å². The topological polar surface area (TPSA) is 180 Å². The van der Waals surface area contributed by atoms with Crippen LogP contribution in [0, 0.1) is 5.92 Å². The van der Waals surface area contributed by atoms with Crippen LogP contribution in [0.1, 0.15) is 108 Å². The summed E-state index contributed by atoms with van der Waals surface area (Å²) in [6, 6.07) is 13.6. The van der Waals surface area contributed by atoms with E-state index in [0.717, 1.165) is 43.2 Å². The lowest BCUT2D eigenvalue weighted by molar-refractivity contribution is -0.143. The van der Waals surface area contributed by atoms with Gasteiger partial charge in [0.05, 0.1) is 6.04 Å². The lowest BCUT2D eigenvalue weighted by Gasteiger charge is -2.32. The summed E-state index contributed by atoms with van der Waals surface area (Å²) < 4.78 is 0. The third kappa shape index (κ3) is 12.0. The van der Waals surface area contributed by atoms with Gasteiger partial charge in [-0.25, -0.2) is 4.79 Å². The summed E-state index contributed by atoms with van der Waals surface area (Å²) in [7, 11) is 0. The molecule has 4 amide bonds.